The quantitative estimate of drug-likeness (QED) is 0.0417. The largest absolute Gasteiger partial charge is 0.466 e. The van der Waals surface area contributed by atoms with Gasteiger partial charge in [0.15, 0.2) is 0 Å². The van der Waals surface area contributed by atoms with Crippen molar-refractivity contribution in [3.8, 4) is 0 Å². The van der Waals surface area contributed by atoms with E-state index < -0.39 is 12.1 Å². The Balaban J connectivity index is 3.30. The number of amides is 1. The van der Waals surface area contributed by atoms with E-state index in [1.165, 1.54) is 315 Å². The lowest BCUT2D eigenvalue weighted by Crippen LogP contribution is -2.45. The van der Waals surface area contributed by atoms with E-state index in [4.69, 9.17) is 4.74 Å². The summed E-state index contributed by atoms with van der Waals surface area (Å²) in [5.74, 6) is -0.00708. The van der Waals surface area contributed by atoms with Gasteiger partial charge in [0.25, 0.3) is 0 Å². The van der Waals surface area contributed by atoms with Crippen LogP contribution in [0.15, 0.2) is 0 Å². The Morgan fingerprint density at radius 2 is 0.569 bits per heavy atom. The van der Waals surface area contributed by atoms with Crippen LogP contribution in [0.5, 0.6) is 0 Å². The molecule has 2 unspecified atom stereocenters. The topological polar surface area (TPSA) is 95.9 Å². The normalized spacial score (nSPS) is 12.4. The van der Waals surface area contributed by atoms with Crippen molar-refractivity contribution in [2.75, 3.05) is 13.2 Å². The van der Waals surface area contributed by atoms with Crippen molar-refractivity contribution < 1.29 is 24.5 Å². The molecule has 0 aromatic rings. The third-order valence-corrected chi connectivity index (χ3v) is 15.9. The summed E-state index contributed by atoms with van der Waals surface area (Å²) in [4.78, 5) is 24.5. The Labute approximate surface area is 451 Å². The lowest BCUT2D eigenvalue weighted by molar-refractivity contribution is -0.143. The minimum atomic E-state index is -0.659. The van der Waals surface area contributed by atoms with Crippen LogP contribution in [-0.2, 0) is 14.3 Å². The summed E-state index contributed by atoms with van der Waals surface area (Å²) in [6.45, 7) is 4.99. The molecule has 0 radical (unpaired) electrons. The molecule has 72 heavy (non-hydrogen) atoms. The van der Waals surface area contributed by atoms with Gasteiger partial charge < -0.3 is 20.3 Å². The van der Waals surface area contributed by atoms with E-state index in [9.17, 15) is 19.8 Å². The molecular formula is C66H131NO5. The second kappa shape index (κ2) is 62.4. The minimum Gasteiger partial charge on any atom is -0.466 e. The average molecular weight is 1020 g/mol. The van der Waals surface area contributed by atoms with Crippen molar-refractivity contribution in [3.05, 3.63) is 0 Å². The lowest BCUT2D eigenvalue weighted by Gasteiger charge is -2.22. The summed E-state index contributed by atoms with van der Waals surface area (Å²) in [6, 6.07) is -0.536. The Hall–Kier alpha value is -1.14. The highest BCUT2D eigenvalue weighted by molar-refractivity contribution is 5.76. The zero-order valence-electron chi connectivity index (χ0n) is 49.2. The van der Waals surface area contributed by atoms with Gasteiger partial charge >= 0.3 is 5.97 Å². The summed E-state index contributed by atoms with van der Waals surface area (Å²) in [5, 5.41) is 23.2. The molecule has 0 fully saturated rings. The Morgan fingerprint density at radius 1 is 0.333 bits per heavy atom. The van der Waals surface area contributed by atoms with Gasteiger partial charge in [-0.2, -0.15) is 0 Å². The van der Waals surface area contributed by atoms with Gasteiger partial charge in [0.05, 0.1) is 25.4 Å². The summed E-state index contributed by atoms with van der Waals surface area (Å²) in [7, 11) is 0. The number of nitrogens with one attached hydrogen (secondary N) is 1. The Bertz CT molecular complexity index is 1040. The van der Waals surface area contributed by atoms with Gasteiger partial charge in [-0.1, -0.05) is 348 Å². The van der Waals surface area contributed by atoms with Crippen molar-refractivity contribution in [3.63, 3.8) is 0 Å². The highest BCUT2D eigenvalue weighted by Crippen LogP contribution is 2.19. The van der Waals surface area contributed by atoms with Crippen molar-refractivity contribution in [1.29, 1.82) is 0 Å². The highest BCUT2D eigenvalue weighted by atomic mass is 16.5. The first kappa shape index (κ1) is 70.9. The highest BCUT2D eigenvalue weighted by Gasteiger charge is 2.20. The van der Waals surface area contributed by atoms with Gasteiger partial charge in [0, 0.05) is 12.8 Å². The van der Waals surface area contributed by atoms with Crippen LogP contribution in [0.25, 0.3) is 0 Å². The van der Waals surface area contributed by atoms with Crippen LogP contribution in [0.1, 0.15) is 386 Å². The molecule has 0 saturated carbocycles. The van der Waals surface area contributed by atoms with Crippen LogP contribution < -0.4 is 5.32 Å². The Kier molecular flexibility index (Phi) is 61.4. The minimum absolute atomic E-state index is 0.0227. The van der Waals surface area contributed by atoms with Crippen LogP contribution in [0.3, 0.4) is 0 Å². The first-order valence-electron chi connectivity index (χ1n) is 33.3. The number of ether oxygens (including phenoxy) is 1. The van der Waals surface area contributed by atoms with Gasteiger partial charge in [-0.25, -0.2) is 0 Å². The van der Waals surface area contributed by atoms with Gasteiger partial charge in [-0.3, -0.25) is 9.59 Å². The van der Waals surface area contributed by atoms with Crippen LogP contribution in [0.4, 0.5) is 0 Å². The van der Waals surface area contributed by atoms with E-state index in [1.807, 2.05) is 0 Å². The van der Waals surface area contributed by atoms with E-state index in [0.29, 0.717) is 25.9 Å². The molecule has 430 valence electrons. The number of hydrogen-bond acceptors (Lipinski definition) is 5. The van der Waals surface area contributed by atoms with Crippen molar-refractivity contribution in [2.45, 2.75) is 398 Å². The number of carbonyl (C=O) groups excluding carboxylic acids is 2. The molecule has 0 aromatic carbocycles. The molecule has 3 N–H and O–H groups in total. The molecule has 1 amide bonds. The van der Waals surface area contributed by atoms with Crippen LogP contribution in [0.2, 0.25) is 0 Å². The van der Waals surface area contributed by atoms with E-state index >= 15 is 0 Å². The molecule has 0 spiro atoms. The van der Waals surface area contributed by atoms with Crippen LogP contribution in [0, 0.1) is 0 Å². The zero-order chi connectivity index (χ0) is 52.2. The van der Waals surface area contributed by atoms with Crippen molar-refractivity contribution >= 4 is 11.9 Å². The predicted molar refractivity (Wildman–Crippen MR) is 315 cm³/mol. The molecule has 0 aliphatic rings. The number of aliphatic hydroxyl groups excluding tert-OH is 2. The molecule has 0 aliphatic carbocycles. The number of unbranched alkanes of at least 4 members (excludes halogenated alkanes) is 52. The summed E-state index contributed by atoms with van der Waals surface area (Å²) >= 11 is 0. The second-order valence-electron chi connectivity index (χ2n) is 23.2. The molecule has 6 nitrogen and oxygen atoms in total. The molecular weight excluding hydrogens is 887 g/mol. The summed E-state index contributed by atoms with van der Waals surface area (Å²) in [5.41, 5.74) is 0. The standard InChI is InChI=1S/C66H131NO5/c1-3-5-7-9-11-13-15-17-32-36-40-44-48-52-56-60-66(71)72-61-57-53-49-45-41-37-34-31-29-27-25-23-21-19-18-20-22-24-26-28-30-33-35-39-43-47-51-55-59-65(70)67-63(62-68)64(69)58-54-50-46-42-38-16-14-12-10-8-6-4-2/h63-64,68-69H,3-62H2,1-2H3,(H,67,70). The van der Waals surface area contributed by atoms with E-state index in [-0.39, 0.29) is 18.5 Å². The summed E-state index contributed by atoms with van der Waals surface area (Å²) in [6.07, 6.45) is 74.3. The fraction of sp³-hybridized carbons (Fsp3) is 0.970. The number of hydrogen-bond donors (Lipinski definition) is 3. The average Bonchev–Trinajstić information content (AvgIpc) is 3.38. The first-order chi connectivity index (χ1) is 35.5. The smallest absolute Gasteiger partial charge is 0.305 e. The number of aliphatic hydroxyl groups is 2. The van der Waals surface area contributed by atoms with Crippen molar-refractivity contribution in [2.24, 2.45) is 0 Å². The molecule has 0 bridgehead atoms. The molecule has 0 rings (SSSR count). The molecule has 2 atom stereocenters. The first-order valence-corrected chi connectivity index (χ1v) is 33.3. The van der Waals surface area contributed by atoms with Crippen LogP contribution >= 0.6 is 0 Å². The lowest BCUT2D eigenvalue weighted by atomic mass is 10.0. The number of carbonyl (C=O) groups is 2. The molecule has 0 aliphatic heterocycles. The van der Waals surface area contributed by atoms with E-state index in [1.54, 1.807) is 0 Å². The third kappa shape index (κ3) is 58.1. The predicted octanol–water partition coefficient (Wildman–Crippen LogP) is 21.0. The molecule has 0 aromatic heterocycles. The maximum atomic E-state index is 12.5. The maximum Gasteiger partial charge on any atom is 0.305 e. The zero-order valence-corrected chi connectivity index (χ0v) is 49.2. The van der Waals surface area contributed by atoms with Crippen molar-refractivity contribution in [1.82, 2.24) is 5.32 Å². The van der Waals surface area contributed by atoms with Gasteiger partial charge in [0.2, 0.25) is 5.91 Å². The van der Waals surface area contributed by atoms with Gasteiger partial charge in [-0.05, 0) is 25.7 Å². The van der Waals surface area contributed by atoms with Gasteiger partial charge in [0.1, 0.15) is 0 Å². The molecule has 0 saturated heterocycles. The van der Waals surface area contributed by atoms with Gasteiger partial charge in [-0.15, -0.1) is 0 Å². The van der Waals surface area contributed by atoms with Crippen LogP contribution in [-0.4, -0.2) is 47.4 Å². The molecule has 0 heterocycles. The van der Waals surface area contributed by atoms with E-state index in [2.05, 4.69) is 19.2 Å². The van der Waals surface area contributed by atoms with E-state index in [0.717, 1.165) is 38.5 Å². The number of esters is 1. The SMILES string of the molecule is CCCCCCCCCCCCCCCCCC(=O)OCCCCCCCCCCCCCCCCCCCCCCCCCCCCCCC(=O)NC(CO)C(O)CCCCCCCCCCCCCC. The summed E-state index contributed by atoms with van der Waals surface area (Å²) < 4.78 is 5.50. The monoisotopic (exact) mass is 1020 g/mol. The molecule has 6 heteroatoms. The maximum absolute atomic E-state index is 12.5. The third-order valence-electron chi connectivity index (χ3n) is 15.9. The fourth-order valence-electron chi connectivity index (χ4n) is 10.8. The second-order valence-corrected chi connectivity index (χ2v) is 23.2. The Morgan fingerprint density at radius 3 is 0.847 bits per heavy atom. The fourth-order valence-corrected chi connectivity index (χ4v) is 10.8. The number of rotatable bonds is 63.